The summed E-state index contributed by atoms with van der Waals surface area (Å²) in [6, 6.07) is 4.98. The van der Waals surface area contributed by atoms with Gasteiger partial charge in [-0.3, -0.25) is 0 Å². The van der Waals surface area contributed by atoms with E-state index in [1.165, 1.54) is 24.8 Å². The summed E-state index contributed by atoms with van der Waals surface area (Å²) in [5.74, 6) is 2.71. The van der Waals surface area contributed by atoms with Crippen LogP contribution in [0.4, 0.5) is 5.82 Å². The molecular formula is C18H31N3. The first-order valence-electron chi connectivity index (χ1n) is 8.45. The summed E-state index contributed by atoms with van der Waals surface area (Å²) in [4.78, 5) is 6.95. The molecule has 1 unspecified atom stereocenters. The van der Waals surface area contributed by atoms with Gasteiger partial charge in [0.05, 0.1) is 0 Å². The minimum absolute atomic E-state index is 0.682. The molecule has 1 saturated heterocycles. The number of nitrogens with zero attached hydrogens (tertiary/aromatic N) is 2. The fourth-order valence-corrected chi connectivity index (χ4v) is 3.22. The van der Waals surface area contributed by atoms with Gasteiger partial charge in [-0.05, 0) is 56.2 Å². The zero-order valence-corrected chi connectivity index (χ0v) is 14.1. The highest BCUT2D eigenvalue weighted by Gasteiger charge is 2.20. The zero-order valence-electron chi connectivity index (χ0n) is 14.1. The zero-order chi connectivity index (χ0) is 15.2. The Morgan fingerprint density at radius 1 is 1.24 bits per heavy atom. The van der Waals surface area contributed by atoms with Gasteiger partial charge in [0.25, 0.3) is 0 Å². The van der Waals surface area contributed by atoms with Crippen molar-refractivity contribution in [3.8, 4) is 0 Å². The van der Waals surface area contributed by atoms with Crippen molar-refractivity contribution >= 4 is 5.82 Å². The molecule has 3 heteroatoms. The molecule has 118 valence electrons. The number of hydrogen-bond acceptors (Lipinski definition) is 3. The van der Waals surface area contributed by atoms with E-state index in [1.54, 1.807) is 0 Å². The Morgan fingerprint density at radius 3 is 2.52 bits per heavy atom. The third-order valence-corrected chi connectivity index (χ3v) is 4.34. The summed E-state index contributed by atoms with van der Waals surface area (Å²) in [5.41, 5.74) is 1.23. The van der Waals surface area contributed by atoms with Crippen LogP contribution in [-0.4, -0.2) is 30.7 Å². The van der Waals surface area contributed by atoms with Crippen molar-refractivity contribution in [2.24, 2.45) is 11.8 Å². The molecule has 1 aliphatic rings. The summed E-state index contributed by atoms with van der Waals surface area (Å²) < 4.78 is 0. The number of rotatable bonds is 6. The van der Waals surface area contributed by atoms with E-state index in [0.717, 1.165) is 37.3 Å². The van der Waals surface area contributed by atoms with Crippen molar-refractivity contribution in [1.82, 2.24) is 10.3 Å². The molecule has 2 heterocycles. The van der Waals surface area contributed by atoms with Crippen LogP contribution in [0.3, 0.4) is 0 Å². The van der Waals surface area contributed by atoms with Gasteiger partial charge in [-0.25, -0.2) is 4.98 Å². The monoisotopic (exact) mass is 289 g/mol. The maximum atomic E-state index is 4.54. The van der Waals surface area contributed by atoms with E-state index in [2.05, 4.69) is 55.0 Å². The van der Waals surface area contributed by atoms with Crippen LogP contribution in [0.15, 0.2) is 18.3 Å². The maximum Gasteiger partial charge on any atom is 0.128 e. The molecule has 0 amide bonds. The standard InChI is InChI=1S/C18H31N3/c1-14(2)11-16(4)13-19-17-7-9-21(10-8-17)18-6-5-15(3)12-20-18/h5-6,12,14,16-17,19H,7-11,13H2,1-4H3. The Bertz CT molecular complexity index is 405. The molecule has 0 saturated carbocycles. The summed E-state index contributed by atoms with van der Waals surface area (Å²) in [5, 5.41) is 3.76. The quantitative estimate of drug-likeness (QED) is 0.867. The van der Waals surface area contributed by atoms with Gasteiger partial charge >= 0.3 is 0 Å². The summed E-state index contributed by atoms with van der Waals surface area (Å²) in [6.07, 6.45) is 5.74. The second kappa shape index (κ2) is 7.79. The number of anilines is 1. The predicted octanol–water partition coefficient (Wildman–Crippen LogP) is 3.63. The lowest BCUT2D eigenvalue weighted by Gasteiger charge is -2.34. The highest BCUT2D eigenvalue weighted by Crippen LogP contribution is 2.18. The van der Waals surface area contributed by atoms with E-state index < -0.39 is 0 Å². The highest BCUT2D eigenvalue weighted by molar-refractivity contribution is 5.39. The molecule has 3 nitrogen and oxygen atoms in total. The van der Waals surface area contributed by atoms with Crippen molar-refractivity contribution in [2.45, 2.75) is 53.0 Å². The highest BCUT2D eigenvalue weighted by atomic mass is 15.2. The average molecular weight is 289 g/mol. The first-order valence-corrected chi connectivity index (χ1v) is 8.45. The minimum atomic E-state index is 0.682. The Labute approximate surface area is 130 Å². The molecule has 0 radical (unpaired) electrons. The number of aryl methyl sites for hydroxylation is 1. The minimum Gasteiger partial charge on any atom is -0.357 e. The van der Waals surface area contributed by atoms with Gasteiger partial charge in [-0.2, -0.15) is 0 Å². The van der Waals surface area contributed by atoms with Crippen LogP contribution >= 0.6 is 0 Å². The fraction of sp³-hybridized carbons (Fsp3) is 0.722. The molecule has 1 fully saturated rings. The topological polar surface area (TPSA) is 28.2 Å². The molecule has 0 aromatic carbocycles. The molecule has 2 rings (SSSR count). The van der Waals surface area contributed by atoms with Crippen LogP contribution in [0.2, 0.25) is 0 Å². The molecule has 21 heavy (non-hydrogen) atoms. The lowest BCUT2D eigenvalue weighted by Crippen LogP contribution is -2.44. The molecule has 1 atom stereocenters. The molecule has 0 spiro atoms. The second-order valence-corrected chi connectivity index (χ2v) is 7.10. The van der Waals surface area contributed by atoms with E-state index >= 15 is 0 Å². The Balaban J connectivity index is 1.72. The summed E-state index contributed by atoms with van der Waals surface area (Å²) >= 11 is 0. The van der Waals surface area contributed by atoms with E-state index in [-0.39, 0.29) is 0 Å². The van der Waals surface area contributed by atoms with Crippen molar-refractivity contribution in [3.05, 3.63) is 23.9 Å². The predicted molar refractivity (Wildman–Crippen MR) is 90.8 cm³/mol. The van der Waals surface area contributed by atoms with Gasteiger partial charge in [-0.1, -0.05) is 26.8 Å². The number of aromatic nitrogens is 1. The molecule has 0 bridgehead atoms. The van der Waals surface area contributed by atoms with E-state index in [9.17, 15) is 0 Å². The van der Waals surface area contributed by atoms with E-state index in [4.69, 9.17) is 0 Å². The van der Waals surface area contributed by atoms with Gasteiger partial charge in [0, 0.05) is 25.3 Å². The van der Waals surface area contributed by atoms with Crippen molar-refractivity contribution < 1.29 is 0 Å². The number of piperidine rings is 1. The maximum absolute atomic E-state index is 4.54. The number of nitrogens with one attached hydrogen (secondary N) is 1. The van der Waals surface area contributed by atoms with Crippen LogP contribution in [-0.2, 0) is 0 Å². The van der Waals surface area contributed by atoms with E-state index in [1.807, 2.05) is 6.20 Å². The molecule has 1 aliphatic heterocycles. The first kappa shape index (κ1) is 16.3. The van der Waals surface area contributed by atoms with Crippen LogP contribution < -0.4 is 10.2 Å². The lowest BCUT2D eigenvalue weighted by atomic mass is 9.97. The smallest absolute Gasteiger partial charge is 0.128 e. The second-order valence-electron chi connectivity index (χ2n) is 7.10. The molecular weight excluding hydrogens is 258 g/mol. The van der Waals surface area contributed by atoms with Crippen molar-refractivity contribution in [2.75, 3.05) is 24.5 Å². The van der Waals surface area contributed by atoms with E-state index in [0.29, 0.717) is 6.04 Å². The SMILES string of the molecule is Cc1ccc(N2CCC(NCC(C)CC(C)C)CC2)nc1. The molecule has 1 aromatic heterocycles. The normalized spacial score (nSPS) is 18.2. The van der Waals surface area contributed by atoms with Crippen LogP contribution in [0, 0.1) is 18.8 Å². The Kier molecular flexibility index (Phi) is 6.04. The Morgan fingerprint density at radius 2 is 1.95 bits per heavy atom. The van der Waals surface area contributed by atoms with Gasteiger partial charge in [-0.15, -0.1) is 0 Å². The fourth-order valence-electron chi connectivity index (χ4n) is 3.22. The largest absolute Gasteiger partial charge is 0.357 e. The molecule has 1 aromatic rings. The average Bonchev–Trinajstić information content (AvgIpc) is 2.46. The third-order valence-electron chi connectivity index (χ3n) is 4.34. The number of pyridine rings is 1. The van der Waals surface area contributed by atoms with Crippen molar-refractivity contribution in [3.63, 3.8) is 0 Å². The molecule has 1 N–H and O–H groups in total. The van der Waals surface area contributed by atoms with Gasteiger partial charge in [0.1, 0.15) is 5.82 Å². The third kappa shape index (κ3) is 5.31. The van der Waals surface area contributed by atoms with Gasteiger partial charge in [0.2, 0.25) is 0 Å². The first-order chi connectivity index (χ1) is 10.0. The lowest BCUT2D eigenvalue weighted by molar-refractivity contribution is 0.354. The molecule has 0 aliphatic carbocycles. The van der Waals surface area contributed by atoms with Crippen LogP contribution in [0.1, 0.15) is 45.6 Å². The van der Waals surface area contributed by atoms with Crippen LogP contribution in [0.5, 0.6) is 0 Å². The summed E-state index contributed by atoms with van der Waals surface area (Å²) in [6.45, 7) is 12.5. The van der Waals surface area contributed by atoms with Crippen molar-refractivity contribution in [1.29, 1.82) is 0 Å². The Hall–Kier alpha value is -1.09. The van der Waals surface area contributed by atoms with Crippen LogP contribution in [0.25, 0.3) is 0 Å². The van der Waals surface area contributed by atoms with Gasteiger partial charge in [0.15, 0.2) is 0 Å². The van der Waals surface area contributed by atoms with Gasteiger partial charge < -0.3 is 10.2 Å². The summed E-state index contributed by atoms with van der Waals surface area (Å²) in [7, 11) is 0. The number of hydrogen-bond donors (Lipinski definition) is 1.